The summed E-state index contributed by atoms with van der Waals surface area (Å²) in [6.07, 6.45) is 0. The maximum Gasteiger partial charge on any atom is 0.273 e. The minimum Gasteiger partial charge on any atom is -0.493 e. The van der Waals surface area contributed by atoms with Crippen LogP contribution in [0.3, 0.4) is 0 Å². The molecule has 1 aromatic heterocycles. The van der Waals surface area contributed by atoms with Gasteiger partial charge in [0.1, 0.15) is 0 Å². The molecule has 0 unspecified atom stereocenters. The zero-order valence-electron chi connectivity index (χ0n) is 14.2. The summed E-state index contributed by atoms with van der Waals surface area (Å²) >= 11 is 1.27. The Morgan fingerprint density at radius 3 is 2.58 bits per heavy atom. The Morgan fingerprint density at radius 1 is 1.23 bits per heavy atom. The van der Waals surface area contributed by atoms with Gasteiger partial charge in [-0.05, 0) is 13.0 Å². The van der Waals surface area contributed by atoms with Gasteiger partial charge in [0.2, 0.25) is 0 Å². The predicted octanol–water partition coefficient (Wildman–Crippen LogP) is 3.78. The normalized spacial score (nSPS) is 10.6. The van der Waals surface area contributed by atoms with E-state index in [4.69, 9.17) is 9.47 Å². The Labute approximate surface area is 152 Å². The first-order valence-electron chi connectivity index (χ1n) is 7.52. The number of rotatable bonds is 5. The Kier molecular flexibility index (Phi) is 4.72. The van der Waals surface area contributed by atoms with Crippen molar-refractivity contribution < 1.29 is 19.2 Å². The molecule has 1 amide bonds. The first-order chi connectivity index (χ1) is 12.4. The first-order valence-corrected chi connectivity index (χ1v) is 8.34. The van der Waals surface area contributed by atoms with Crippen LogP contribution in [0.4, 0.5) is 10.8 Å². The fraction of sp³-hybridized carbons (Fsp3) is 0.176. The molecule has 3 rings (SSSR count). The van der Waals surface area contributed by atoms with Gasteiger partial charge in [0.25, 0.3) is 11.6 Å². The number of benzene rings is 2. The summed E-state index contributed by atoms with van der Waals surface area (Å²) in [5.41, 5.74) is 1.09. The van der Waals surface area contributed by atoms with Gasteiger partial charge in [0.15, 0.2) is 16.6 Å². The van der Waals surface area contributed by atoms with Gasteiger partial charge >= 0.3 is 0 Å². The van der Waals surface area contributed by atoms with Gasteiger partial charge in [-0.1, -0.05) is 17.4 Å². The predicted molar refractivity (Wildman–Crippen MR) is 98.5 cm³/mol. The van der Waals surface area contributed by atoms with Crippen LogP contribution >= 0.6 is 11.3 Å². The van der Waals surface area contributed by atoms with Gasteiger partial charge < -0.3 is 9.47 Å². The van der Waals surface area contributed by atoms with Gasteiger partial charge in [-0.3, -0.25) is 20.2 Å². The van der Waals surface area contributed by atoms with Crippen molar-refractivity contribution in [3.8, 4) is 11.5 Å². The fourth-order valence-corrected chi connectivity index (χ4v) is 3.41. The van der Waals surface area contributed by atoms with Crippen molar-refractivity contribution in [2.45, 2.75) is 6.92 Å². The van der Waals surface area contributed by atoms with Crippen molar-refractivity contribution in [3.05, 3.63) is 51.6 Å². The molecule has 0 atom stereocenters. The molecule has 0 aliphatic rings. The number of nitro benzene ring substituents is 1. The summed E-state index contributed by atoms with van der Waals surface area (Å²) in [5.74, 6) is 0.651. The van der Waals surface area contributed by atoms with Gasteiger partial charge in [0, 0.05) is 29.3 Å². The van der Waals surface area contributed by atoms with E-state index in [0.29, 0.717) is 27.7 Å². The summed E-state index contributed by atoms with van der Waals surface area (Å²) in [4.78, 5) is 27.4. The zero-order valence-corrected chi connectivity index (χ0v) is 15.0. The lowest BCUT2D eigenvalue weighted by molar-refractivity contribution is -0.385. The largest absolute Gasteiger partial charge is 0.493 e. The van der Waals surface area contributed by atoms with Crippen LogP contribution in [0.2, 0.25) is 0 Å². The highest BCUT2D eigenvalue weighted by Gasteiger charge is 2.19. The van der Waals surface area contributed by atoms with Crippen molar-refractivity contribution in [1.29, 1.82) is 0 Å². The number of ether oxygens (including phenoxy) is 2. The van der Waals surface area contributed by atoms with Crippen molar-refractivity contribution in [2.24, 2.45) is 0 Å². The molecule has 1 N–H and O–H groups in total. The van der Waals surface area contributed by atoms with E-state index in [1.165, 1.54) is 36.6 Å². The zero-order chi connectivity index (χ0) is 18.8. The molecular formula is C17H15N3O5S. The molecule has 1 heterocycles. The van der Waals surface area contributed by atoms with E-state index in [-0.39, 0.29) is 11.3 Å². The van der Waals surface area contributed by atoms with E-state index in [2.05, 4.69) is 10.3 Å². The summed E-state index contributed by atoms with van der Waals surface area (Å²) in [7, 11) is 3.07. The number of carbonyl (C=O) groups is 1. The third-order valence-electron chi connectivity index (χ3n) is 3.86. The minimum atomic E-state index is -0.512. The Balaban J connectivity index is 1.93. The number of nitrogens with one attached hydrogen (secondary N) is 1. The summed E-state index contributed by atoms with van der Waals surface area (Å²) in [6.45, 7) is 1.54. The van der Waals surface area contributed by atoms with Gasteiger partial charge in [-0.25, -0.2) is 4.98 Å². The number of nitro groups is 1. The molecule has 8 nitrogen and oxygen atoms in total. The molecule has 2 aromatic carbocycles. The van der Waals surface area contributed by atoms with Crippen molar-refractivity contribution in [3.63, 3.8) is 0 Å². The van der Waals surface area contributed by atoms with Crippen LogP contribution in [0.25, 0.3) is 10.2 Å². The Hall–Kier alpha value is -3.20. The molecule has 0 saturated carbocycles. The van der Waals surface area contributed by atoms with E-state index in [1.807, 2.05) is 0 Å². The SMILES string of the molecule is COc1cc2nc(NC(=O)c3cccc([N+](=O)[O-])c3C)sc2cc1OC. The average Bonchev–Trinajstić information content (AvgIpc) is 3.01. The maximum atomic E-state index is 12.5. The highest BCUT2D eigenvalue weighted by molar-refractivity contribution is 7.22. The fourth-order valence-electron chi connectivity index (χ4n) is 2.54. The lowest BCUT2D eigenvalue weighted by Gasteiger charge is -2.05. The van der Waals surface area contributed by atoms with Gasteiger partial charge in [-0.15, -0.1) is 0 Å². The van der Waals surface area contributed by atoms with E-state index < -0.39 is 10.8 Å². The molecule has 134 valence electrons. The minimum absolute atomic E-state index is 0.101. The molecular weight excluding hydrogens is 358 g/mol. The third-order valence-corrected chi connectivity index (χ3v) is 4.79. The lowest BCUT2D eigenvalue weighted by Crippen LogP contribution is -2.13. The van der Waals surface area contributed by atoms with E-state index in [0.717, 1.165) is 4.70 Å². The van der Waals surface area contributed by atoms with E-state index >= 15 is 0 Å². The number of thiazole rings is 1. The van der Waals surface area contributed by atoms with Crippen LogP contribution in [-0.4, -0.2) is 30.0 Å². The highest BCUT2D eigenvalue weighted by Crippen LogP contribution is 2.36. The molecule has 3 aromatic rings. The standard InChI is InChI=1S/C17H15N3O5S/c1-9-10(5-4-6-12(9)20(22)23)16(21)19-17-18-11-7-13(24-2)14(25-3)8-15(11)26-17/h4-8H,1-3H3,(H,18,19,21). The van der Waals surface area contributed by atoms with Crippen LogP contribution in [0.1, 0.15) is 15.9 Å². The van der Waals surface area contributed by atoms with Crippen LogP contribution in [0.5, 0.6) is 11.5 Å². The number of aromatic nitrogens is 1. The smallest absolute Gasteiger partial charge is 0.273 e. The van der Waals surface area contributed by atoms with Crippen LogP contribution in [0.15, 0.2) is 30.3 Å². The number of hydrogen-bond donors (Lipinski definition) is 1. The second-order valence-electron chi connectivity index (χ2n) is 5.35. The first kappa shape index (κ1) is 17.6. The number of amides is 1. The van der Waals surface area contributed by atoms with E-state index in [1.54, 1.807) is 26.2 Å². The lowest BCUT2D eigenvalue weighted by atomic mass is 10.1. The molecule has 0 fully saturated rings. The molecule has 0 radical (unpaired) electrons. The van der Waals surface area contributed by atoms with Gasteiger partial charge in [0.05, 0.1) is 29.4 Å². The average molecular weight is 373 g/mol. The van der Waals surface area contributed by atoms with E-state index in [9.17, 15) is 14.9 Å². The van der Waals surface area contributed by atoms with Crippen LogP contribution in [0, 0.1) is 17.0 Å². The molecule has 9 heteroatoms. The summed E-state index contributed by atoms with van der Waals surface area (Å²) in [6, 6.07) is 7.88. The van der Waals surface area contributed by atoms with Crippen molar-refractivity contribution in [2.75, 3.05) is 19.5 Å². The quantitative estimate of drug-likeness (QED) is 0.539. The second kappa shape index (κ2) is 6.96. The number of anilines is 1. The van der Waals surface area contributed by atoms with Crippen LogP contribution in [-0.2, 0) is 0 Å². The van der Waals surface area contributed by atoms with Gasteiger partial charge in [-0.2, -0.15) is 0 Å². The summed E-state index contributed by atoms with van der Waals surface area (Å²) in [5, 5.41) is 14.1. The van der Waals surface area contributed by atoms with Crippen molar-refractivity contribution >= 4 is 38.3 Å². The molecule has 0 saturated heterocycles. The molecule has 0 aliphatic heterocycles. The van der Waals surface area contributed by atoms with Crippen LogP contribution < -0.4 is 14.8 Å². The monoisotopic (exact) mass is 373 g/mol. The number of carbonyl (C=O) groups excluding carboxylic acids is 1. The third kappa shape index (κ3) is 3.16. The maximum absolute atomic E-state index is 12.5. The summed E-state index contributed by atoms with van der Waals surface area (Å²) < 4.78 is 11.3. The topological polar surface area (TPSA) is 104 Å². The highest BCUT2D eigenvalue weighted by atomic mass is 32.1. The number of nitrogens with zero attached hydrogens (tertiary/aromatic N) is 2. The Bertz CT molecular complexity index is 974. The number of hydrogen-bond acceptors (Lipinski definition) is 7. The molecule has 0 aliphatic carbocycles. The number of methoxy groups -OCH3 is 2. The molecule has 0 bridgehead atoms. The van der Waals surface area contributed by atoms with Crippen molar-refractivity contribution in [1.82, 2.24) is 4.98 Å². The second-order valence-corrected chi connectivity index (χ2v) is 6.39. The molecule has 26 heavy (non-hydrogen) atoms. The Morgan fingerprint density at radius 2 is 1.92 bits per heavy atom. The number of fused-ring (bicyclic) bond motifs is 1. The molecule has 0 spiro atoms.